The molecule has 7 nitrogen and oxygen atoms in total. The minimum absolute atomic E-state index is 0.0351. The predicted octanol–water partition coefficient (Wildman–Crippen LogP) is 2.70. The Bertz CT molecular complexity index is 632. The first-order chi connectivity index (χ1) is 13.4. The molecule has 7 heteroatoms. The molecule has 1 aromatic carbocycles. The van der Waals surface area contributed by atoms with Gasteiger partial charge in [-0.1, -0.05) is 19.9 Å². The van der Waals surface area contributed by atoms with E-state index in [-0.39, 0.29) is 12.5 Å². The van der Waals surface area contributed by atoms with Gasteiger partial charge in [0, 0.05) is 26.2 Å². The fraction of sp³-hybridized carbons (Fsp3) is 0.619. The molecule has 1 atom stereocenters. The van der Waals surface area contributed by atoms with Crippen molar-refractivity contribution in [1.29, 1.82) is 0 Å². The molecule has 0 saturated carbocycles. The summed E-state index contributed by atoms with van der Waals surface area (Å²) < 4.78 is 10.9. The van der Waals surface area contributed by atoms with E-state index >= 15 is 0 Å². The van der Waals surface area contributed by atoms with Crippen LogP contribution in [0.5, 0.6) is 11.5 Å². The van der Waals surface area contributed by atoms with Gasteiger partial charge in [-0.2, -0.15) is 0 Å². The third-order valence-electron chi connectivity index (χ3n) is 4.20. The van der Waals surface area contributed by atoms with Crippen LogP contribution in [0, 0.1) is 5.92 Å². The van der Waals surface area contributed by atoms with E-state index in [0.717, 1.165) is 17.9 Å². The number of ether oxygens (including phenoxy) is 2. The van der Waals surface area contributed by atoms with Crippen LogP contribution in [-0.2, 0) is 11.3 Å². The number of amides is 1. The molecule has 0 radical (unpaired) electrons. The Morgan fingerprint density at radius 3 is 2.50 bits per heavy atom. The van der Waals surface area contributed by atoms with Crippen LogP contribution in [0.2, 0.25) is 0 Å². The van der Waals surface area contributed by atoms with Crippen molar-refractivity contribution < 1.29 is 14.3 Å². The van der Waals surface area contributed by atoms with Crippen LogP contribution in [0.15, 0.2) is 23.2 Å². The molecule has 1 unspecified atom stereocenters. The molecule has 3 N–H and O–H groups in total. The van der Waals surface area contributed by atoms with E-state index in [1.807, 2.05) is 25.1 Å². The second-order valence-corrected chi connectivity index (χ2v) is 7.17. The van der Waals surface area contributed by atoms with Gasteiger partial charge in [0.25, 0.3) is 5.91 Å². The van der Waals surface area contributed by atoms with Crippen molar-refractivity contribution in [3.63, 3.8) is 0 Å². The maximum atomic E-state index is 11.6. The van der Waals surface area contributed by atoms with Crippen LogP contribution in [-0.4, -0.2) is 45.2 Å². The molecule has 1 rings (SSSR count). The maximum Gasteiger partial charge on any atom is 0.257 e. The zero-order chi connectivity index (χ0) is 20.9. The van der Waals surface area contributed by atoms with E-state index in [1.54, 1.807) is 14.2 Å². The molecule has 0 aliphatic heterocycles. The lowest BCUT2D eigenvalue weighted by Crippen LogP contribution is -2.41. The van der Waals surface area contributed by atoms with E-state index in [9.17, 15) is 4.79 Å². The summed E-state index contributed by atoms with van der Waals surface area (Å²) in [5, 5.41) is 9.44. The number of benzene rings is 1. The molecule has 0 aliphatic rings. The molecular formula is C21H36N4O3. The summed E-state index contributed by atoms with van der Waals surface area (Å²) >= 11 is 0. The first kappa shape index (κ1) is 23.6. The summed E-state index contributed by atoms with van der Waals surface area (Å²) in [6, 6.07) is 6.01. The molecule has 0 heterocycles. The number of nitrogens with one attached hydrogen (secondary N) is 3. The number of guanidine groups is 1. The Hall–Kier alpha value is -2.44. The standard InChI is InChI=1S/C21H36N4O3/c1-7-23-20(26)14-28-18-11-10-17(12-19(18)27-6)13-24-21(22-5)25-16(4)9-8-15(2)3/h10-12,15-16H,7-9,13-14H2,1-6H3,(H,23,26)(H2,22,24,25). The SMILES string of the molecule is CCNC(=O)COc1ccc(CNC(=NC)NC(C)CCC(C)C)cc1OC. The summed E-state index contributed by atoms with van der Waals surface area (Å²) in [7, 11) is 3.35. The average molecular weight is 393 g/mol. The summed E-state index contributed by atoms with van der Waals surface area (Å²) in [5.74, 6) is 2.45. The number of hydrogen-bond donors (Lipinski definition) is 3. The van der Waals surface area contributed by atoms with E-state index in [4.69, 9.17) is 9.47 Å². The number of carbonyl (C=O) groups excluding carboxylic acids is 1. The molecule has 0 spiro atoms. The van der Waals surface area contributed by atoms with Crippen LogP contribution < -0.4 is 25.4 Å². The van der Waals surface area contributed by atoms with Gasteiger partial charge in [0.1, 0.15) is 0 Å². The first-order valence-corrected chi connectivity index (χ1v) is 9.93. The lowest BCUT2D eigenvalue weighted by Gasteiger charge is -2.19. The van der Waals surface area contributed by atoms with Gasteiger partial charge < -0.3 is 25.4 Å². The third kappa shape index (κ3) is 8.97. The Kier molecular flexibility index (Phi) is 10.8. The van der Waals surface area contributed by atoms with Gasteiger partial charge in [-0.25, -0.2) is 0 Å². The molecule has 1 aromatic rings. The smallest absolute Gasteiger partial charge is 0.257 e. The Labute approximate surface area is 169 Å². The highest BCUT2D eigenvalue weighted by Crippen LogP contribution is 2.28. The normalized spacial score (nSPS) is 12.5. The van der Waals surface area contributed by atoms with Gasteiger partial charge in [-0.05, 0) is 50.3 Å². The van der Waals surface area contributed by atoms with E-state index < -0.39 is 0 Å². The largest absolute Gasteiger partial charge is 0.493 e. The number of hydrogen-bond acceptors (Lipinski definition) is 4. The Morgan fingerprint density at radius 2 is 1.89 bits per heavy atom. The van der Waals surface area contributed by atoms with E-state index in [0.29, 0.717) is 36.5 Å². The minimum Gasteiger partial charge on any atom is -0.493 e. The molecular weight excluding hydrogens is 356 g/mol. The third-order valence-corrected chi connectivity index (χ3v) is 4.20. The van der Waals surface area contributed by atoms with Crippen LogP contribution >= 0.6 is 0 Å². The number of likely N-dealkylation sites (N-methyl/N-ethyl adjacent to an activating group) is 1. The maximum absolute atomic E-state index is 11.6. The molecule has 0 fully saturated rings. The number of nitrogens with zero attached hydrogens (tertiary/aromatic N) is 1. The summed E-state index contributed by atoms with van der Waals surface area (Å²) in [4.78, 5) is 15.8. The van der Waals surface area contributed by atoms with Gasteiger partial charge in [0.05, 0.1) is 7.11 Å². The molecule has 1 amide bonds. The van der Waals surface area contributed by atoms with E-state index in [1.165, 1.54) is 6.42 Å². The lowest BCUT2D eigenvalue weighted by atomic mass is 10.0. The molecule has 0 aromatic heterocycles. The predicted molar refractivity (Wildman–Crippen MR) is 114 cm³/mol. The lowest BCUT2D eigenvalue weighted by molar-refractivity contribution is -0.123. The highest BCUT2D eigenvalue weighted by atomic mass is 16.5. The molecule has 28 heavy (non-hydrogen) atoms. The van der Waals surface area contributed by atoms with Crippen molar-refractivity contribution in [2.75, 3.05) is 27.3 Å². The number of rotatable bonds is 11. The van der Waals surface area contributed by atoms with Gasteiger partial charge in [-0.3, -0.25) is 9.79 Å². The Balaban J connectivity index is 2.60. The Morgan fingerprint density at radius 1 is 1.14 bits per heavy atom. The molecule has 158 valence electrons. The minimum atomic E-state index is -0.156. The highest BCUT2D eigenvalue weighted by Gasteiger charge is 2.10. The molecule has 0 aliphatic carbocycles. The first-order valence-electron chi connectivity index (χ1n) is 9.93. The summed E-state index contributed by atoms with van der Waals surface area (Å²) in [6.07, 6.45) is 2.28. The van der Waals surface area contributed by atoms with Gasteiger partial charge >= 0.3 is 0 Å². The van der Waals surface area contributed by atoms with Crippen molar-refractivity contribution >= 4 is 11.9 Å². The van der Waals surface area contributed by atoms with Crippen molar-refractivity contribution in [2.45, 2.75) is 53.1 Å². The second kappa shape index (κ2) is 12.9. The van der Waals surface area contributed by atoms with Crippen LogP contribution in [0.4, 0.5) is 0 Å². The topological polar surface area (TPSA) is 84.0 Å². The van der Waals surface area contributed by atoms with Crippen LogP contribution in [0.1, 0.15) is 46.1 Å². The summed E-state index contributed by atoms with van der Waals surface area (Å²) in [5.41, 5.74) is 1.03. The number of methoxy groups -OCH3 is 1. The quantitative estimate of drug-likeness (QED) is 0.398. The van der Waals surface area contributed by atoms with Crippen molar-refractivity contribution in [3.05, 3.63) is 23.8 Å². The fourth-order valence-corrected chi connectivity index (χ4v) is 2.60. The highest BCUT2D eigenvalue weighted by molar-refractivity contribution is 5.80. The van der Waals surface area contributed by atoms with Crippen molar-refractivity contribution in [3.8, 4) is 11.5 Å². The second-order valence-electron chi connectivity index (χ2n) is 7.17. The van der Waals surface area contributed by atoms with E-state index in [2.05, 4.69) is 41.7 Å². The number of carbonyl (C=O) groups is 1. The number of aliphatic imine (C=N–C) groups is 1. The van der Waals surface area contributed by atoms with Crippen molar-refractivity contribution in [1.82, 2.24) is 16.0 Å². The molecule has 0 saturated heterocycles. The average Bonchev–Trinajstić information content (AvgIpc) is 2.68. The van der Waals surface area contributed by atoms with Crippen LogP contribution in [0.25, 0.3) is 0 Å². The molecule has 0 bridgehead atoms. The van der Waals surface area contributed by atoms with Gasteiger partial charge in [0.15, 0.2) is 24.1 Å². The monoisotopic (exact) mass is 392 g/mol. The van der Waals surface area contributed by atoms with Gasteiger partial charge in [0.2, 0.25) is 0 Å². The fourth-order valence-electron chi connectivity index (χ4n) is 2.60. The zero-order valence-corrected chi connectivity index (χ0v) is 18.1. The summed E-state index contributed by atoms with van der Waals surface area (Å²) in [6.45, 7) is 9.65. The van der Waals surface area contributed by atoms with Crippen molar-refractivity contribution in [2.24, 2.45) is 10.9 Å². The van der Waals surface area contributed by atoms with Crippen LogP contribution in [0.3, 0.4) is 0 Å². The van der Waals surface area contributed by atoms with Gasteiger partial charge in [-0.15, -0.1) is 0 Å². The zero-order valence-electron chi connectivity index (χ0n) is 18.1.